The molecule has 5 heteroatoms. The Hall–Kier alpha value is -1.42. The van der Waals surface area contributed by atoms with Crippen LogP contribution in [0.1, 0.15) is 0 Å². The fourth-order valence-electron chi connectivity index (χ4n) is 1.18. The molecule has 1 aromatic carbocycles. The maximum atomic E-state index is 13.1. The van der Waals surface area contributed by atoms with Crippen LogP contribution in [-0.4, -0.2) is 14.8 Å². The molecular weight excluding hydrogens is 205 g/mol. The first kappa shape index (κ1) is 9.15. The van der Waals surface area contributed by atoms with Crippen molar-refractivity contribution in [3.63, 3.8) is 0 Å². The summed E-state index contributed by atoms with van der Waals surface area (Å²) in [4.78, 5) is 0. The standard InChI is InChI=1S/C9H7ClFN3/c1-14-5-12-13-9(14)6-2-3-7(10)8(11)4-6/h2-5H,1H3. The van der Waals surface area contributed by atoms with Crippen LogP contribution in [0.2, 0.25) is 5.02 Å². The summed E-state index contributed by atoms with van der Waals surface area (Å²) in [7, 11) is 1.79. The minimum absolute atomic E-state index is 0.107. The van der Waals surface area contributed by atoms with E-state index in [0.717, 1.165) is 0 Å². The fourth-order valence-corrected chi connectivity index (χ4v) is 1.30. The maximum Gasteiger partial charge on any atom is 0.163 e. The zero-order valence-electron chi connectivity index (χ0n) is 7.41. The van der Waals surface area contributed by atoms with E-state index in [9.17, 15) is 4.39 Å². The van der Waals surface area contributed by atoms with Crippen LogP contribution in [0, 0.1) is 5.82 Å². The second kappa shape index (κ2) is 3.38. The quantitative estimate of drug-likeness (QED) is 0.725. The Balaban J connectivity index is 2.53. The summed E-state index contributed by atoms with van der Waals surface area (Å²) in [6, 6.07) is 4.54. The van der Waals surface area contributed by atoms with Gasteiger partial charge in [0.1, 0.15) is 12.1 Å². The van der Waals surface area contributed by atoms with Crippen LogP contribution in [0.3, 0.4) is 0 Å². The molecule has 0 saturated carbocycles. The van der Waals surface area contributed by atoms with Crippen molar-refractivity contribution in [2.75, 3.05) is 0 Å². The molecule has 3 nitrogen and oxygen atoms in total. The molecule has 0 N–H and O–H groups in total. The van der Waals surface area contributed by atoms with Crippen molar-refractivity contribution in [2.24, 2.45) is 7.05 Å². The van der Waals surface area contributed by atoms with Crippen molar-refractivity contribution >= 4 is 11.6 Å². The zero-order chi connectivity index (χ0) is 10.1. The highest BCUT2D eigenvalue weighted by Crippen LogP contribution is 2.21. The molecule has 1 heterocycles. The van der Waals surface area contributed by atoms with E-state index in [1.165, 1.54) is 12.1 Å². The van der Waals surface area contributed by atoms with Crippen molar-refractivity contribution in [3.05, 3.63) is 35.4 Å². The molecule has 0 unspecified atom stereocenters. The van der Waals surface area contributed by atoms with Crippen LogP contribution < -0.4 is 0 Å². The van der Waals surface area contributed by atoms with Gasteiger partial charge in [-0.15, -0.1) is 10.2 Å². The SMILES string of the molecule is Cn1cnnc1-c1ccc(Cl)c(F)c1. The predicted octanol–water partition coefficient (Wildman–Crippen LogP) is 2.27. The van der Waals surface area contributed by atoms with Crippen LogP contribution in [0.5, 0.6) is 0 Å². The van der Waals surface area contributed by atoms with Crippen molar-refractivity contribution < 1.29 is 4.39 Å². The molecule has 0 spiro atoms. The Bertz CT molecular complexity index is 467. The Morgan fingerprint density at radius 1 is 1.43 bits per heavy atom. The highest BCUT2D eigenvalue weighted by molar-refractivity contribution is 6.30. The smallest absolute Gasteiger partial charge is 0.163 e. The van der Waals surface area contributed by atoms with Gasteiger partial charge in [-0.2, -0.15) is 0 Å². The monoisotopic (exact) mass is 211 g/mol. The van der Waals surface area contributed by atoms with E-state index in [1.807, 2.05) is 0 Å². The van der Waals surface area contributed by atoms with Crippen molar-refractivity contribution in [2.45, 2.75) is 0 Å². The van der Waals surface area contributed by atoms with Gasteiger partial charge in [-0.3, -0.25) is 0 Å². The van der Waals surface area contributed by atoms with Gasteiger partial charge in [0.25, 0.3) is 0 Å². The van der Waals surface area contributed by atoms with Crippen LogP contribution in [0.4, 0.5) is 4.39 Å². The lowest BCUT2D eigenvalue weighted by Gasteiger charge is -2.00. The second-order valence-corrected chi connectivity index (χ2v) is 3.30. The van der Waals surface area contributed by atoms with Crippen LogP contribution in [0.25, 0.3) is 11.4 Å². The number of nitrogens with zero attached hydrogens (tertiary/aromatic N) is 3. The number of hydrogen-bond donors (Lipinski definition) is 0. The first-order valence-corrected chi connectivity index (χ1v) is 4.35. The van der Waals surface area contributed by atoms with Gasteiger partial charge in [0.05, 0.1) is 5.02 Å². The minimum Gasteiger partial charge on any atom is -0.317 e. The minimum atomic E-state index is -0.452. The zero-order valence-corrected chi connectivity index (χ0v) is 8.16. The Morgan fingerprint density at radius 2 is 2.21 bits per heavy atom. The third-order valence-corrected chi connectivity index (χ3v) is 2.20. The van der Waals surface area contributed by atoms with E-state index in [-0.39, 0.29) is 5.02 Å². The fraction of sp³-hybridized carbons (Fsp3) is 0.111. The highest BCUT2D eigenvalue weighted by Gasteiger charge is 2.07. The molecule has 14 heavy (non-hydrogen) atoms. The lowest BCUT2D eigenvalue weighted by atomic mass is 10.2. The van der Waals surface area contributed by atoms with Crippen molar-refractivity contribution in [1.82, 2.24) is 14.8 Å². The highest BCUT2D eigenvalue weighted by atomic mass is 35.5. The summed E-state index contributed by atoms with van der Waals surface area (Å²) < 4.78 is 14.8. The van der Waals surface area contributed by atoms with E-state index >= 15 is 0 Å². The normalized spacial score (nSPS) is 10.5. The molecule has 0 radical (unpaired) electrons. The number of aryl methyl sites for hydroxylation is 1. The molecule has 0 bridgehead atoms. The first-order valence-electron chi connectivity index (χ1n) is 3.98. The van der Waals surface area contributed by atoms with E-state index in [1.54, 1.807) is 24.0 Å². The van der Waals surface area contributed by atoms with Crippen LogP contribution in [0.15, 0.2) is 24.5 Å². The summed E-state index contributed by atoms with van der Waals surface area (Å²) in [6.07, 6.45) is 1.56. The first-order chi connectivity index (χ1) is 6.68. The molecule has 0 amide bonds. The van der Waals surface area contributed by atoms with Crippen LogP contribution in [-0.2, 0) is 7.05 Å². The molecule has 1 aromatic heterocycles. The molecule has 0 atom stereocenters. The number of halogens is 2. The molecule has 0 aliphatic carbocycles. The molecule has 0 aliphatic heterocycles. The average Bonchev–Trinajstić information content (AvgIpc) is 2.57. The summed E-state index contributed by atoms with van der Waals surface area (Å²) in [5, 5.41) is 7.68. The van der Waals surface area contributed by atoms with Gasteiger partial charge in [-0.05, 0) is 18.2 Å². The van der Waals surface area contributed by atoms with Crippen molar-refractivity contribution in [3.8, 4) is 11.4 Å². The largest absolute Gasteiger partial charge is 0.317 e. The van der Waals surface area contributed by atoms with Gasteiger partial charge in [0, 0.05) is 12.6 Å². The number of aromatic nitrogens is 3. The Morgan fingerprint density at radius 3 is 2.79 bits per heavy atom. The third kappa shape index (κ3) is 1.48. The number of benzene rings is 1. The summed E-state index contributed by atoms with van der Waals surface area (Å²) in [5.74, 6) is 0.160. The molecule has 0 aliphatic rings. The molecule has 2 aromatic rings. The van der Waals surface area contributed by atoms with E-state index < -0.39 is 5.82 Å². The Labute approximate surface area is 85.1 Å². The lowest BCUT2D eigenvalue weighted by Crippen LogP contribution is -1.91. The summed E-state index contributed by atoms with van der Waals surface area (Å²) in [5.41, 5.74) is 0.659. The number of rotatable bonds is 1. The molecule has 0 saturated heterocycles. The van der Waals surface area contributed by atoms with Crippen LogP contribution >= 0.6 is 11.6 Å². The molecule has 72 valence electrons. The van der Waals surface area contributed by atoms with Gasteiger partial charge in [-0.1, -0.05) is 11.6 Å². The van der Waals surface area contributed by atoms with Gasteiger partial charge in [0.2, 0.25) is 0 Å². The third-order valence-electron chi connectivity index (χ3n) is 1.89. The Kier molecular flexibility index (Phi) is 2.21. The maximum absolute atomic E-state index is 13.1. The number of hydrogen-bond acceptors (Lipinski definition) is 2. The summed E-state index contributed by atoms with van der Waals surface area (Å²) >= 11 is 5.56. The van der Waals surface area contributed by atoms with Gasteiger partial charge < -0.3 is 4.57 Å². The van der Waals surface area contributed by atoms with Crippen molar-refractivity contribution in [1.29, 1.82) is 0 Å². The molecule has 0 fully saturated rings. The topological polar surface area (TPSA) is 30.7 Å². The average molecular weight is 212 g/mol. The molecule has 2 rings (SSSR count). The second-order valence-electron chi connectivity index (χ2n) is 2.89. The van der Waals surface area contributed by atoms with E-state index in [4.69, 9.17) is 11.6 Å². The van der Waals surface area contributed by atoms with E-state index in [2.05, 4.69) is 10.2 Å². The van der Waals surface area contributed by atoms with Gasteiger partial charge >= 0.3 is 0 Å². The predicted molar refractivity (Wildman–Crippen MR) is 51.4 cm³/mol. The summed E-state index contributed by atoms with van der Waals surface area (Å²) in [6.45, 7) is 0. The molecular formula is C9H7ClFN3. The van der Waals surface area contributed by atoms with Gasteiger partial charge in [-0.25, -0.2) is 4.39 Å². The van der Waals surface area contributed by atoms with Gasteiger partial charge in [0.15, 0.2) is 5.82 Å². The van der Waals surface area contributed by atoms with E-state index in [0.29, 0.717) is 11.4 Å². The lowest BCUT2D eigenvalue weighted by molar-refractivity contribution is 0.628.